The first kappa shape index (κ1) is 13.9. The van der Waals surface area contributed by atoms with Crippen molar-refractivity contribution in [2.75, 3.05) is 5.32 Å². The number of hydrogen-bond donors (Lipinski definition) is 1. The van der Waals surface area contributed by atoms with Crippen LogP contribution in [0.2, 0.25) is 0 Å². The average molecular weight is 282 g/mol. The van der Waals surface area contributed by atoms with Crippen LogP contribution in [0.3, 0.4) is 0 Å². The van der Waals surface area contributed by atoms with Gasteiger partial charge in [-0.15, -0.1) is 0 Å². The fourth-order valence-corrected chi connectivity index (χ4v) is 3.00. The largest absolute Gasteiger partial charge is 0.381 e. The molecular weight excluding hydrogens is 260 g/mol. The van der Waals surface area contributed by atoms with E-state index in [-0.39, 0.29) is 0 Å². The van der Waals surface area contributed by atoms with Gasteiger partial charge in [0.25, 0.3) is 0 Å². The molecule has 4 nitrogen and oxygen atoms in total. The Balaban J connectivity index is 2.29. The summed E-state index contributed by atoms with van der Waals surface area (Å²) in [5.74, 6) is 0. The molecular formula is C17H22N4. The maximum atomic E-state index is 4.77. The molecule has 0 aliphatic heterocycles. The summed E-state index contributed by atoms with van der Waals surface area (Å²) in [6.07, 6.45) is 2.32. The zero-order chi connectivity index (χ0) is 15.0. The maximum absolute atomic E-state index is 4.77. The van der Waals surface area contributed by atoms with E-state index < -0.39 is 0 Å². The summed E-state index contributed by atoms with van der Waals surface area (Å²) >= 11 is 0. The quantitative estimate of drug-likeness (QED) is 0.785. The van der Waals surface area contributed by atoms with Gasteiger partial charge in [-0.3, -0.25) is 4.68 Å². The van der Waals surface area contributed by atoms with Gasteiger partial charge >= 0.3 is 0 Å². The van der Waals surface area contributed by atoms with Gasteiger partial charge in [-0.1, -0.05) is 31.5 Å². The van der Waals surface area contributed by atoms with Gasteiger partial charge in [0.05, 0.1) is 22.3 Å². The Morgan fingerprint density at radius 3 is 2.81 bits per heavy atom. The summed E-state index contributed by atoms with van der Waals surface area (Å²) in [5, 5.41) is 10.5. The third-order valence-corrected chi connectivity index (χ3v) is 3.95. The van der Waals surface area contributed by atoms with Gasteiger partial charge in [-0.25, -0.2) is 4.98 Å². The first-order chi connectivity index (χ1) is 10.1. The molecule has 0 spiro atoms. The number of anilines is 1. The number of pyridine rings is 1. The van der Waals surface area contributed by atoms with E-state index in [1.54, 1.807) is 0 Å². The van der Waals surface area contributed by atoms with Crippen LogP contribution in [0.5, 0.6) is 0 Å². The molecule has 0 bridgehead atoms. The summed E-state index contributed by atoms with van der Waals surface area (Å²) in [6.45, 7) is 6.50. The van der Waals surface area contributed by atoms with Gasteiger partial charge in [0.15, 0.2) is 5.65 Å². The Hall–Kier alpha value is -2.10. The van der Waals surface area contributed by atoms with E-state index in [9.17, 15) is 0 Å². The summed E-state index contributed by atoms with van der Waals surface area (Å²) in [7, 11) is 1.95. The van der Waals surface area contributed by atoms with Crippen LogP contribution in [0, 0.1) is 6.92 Å². The van der Waals surface area contributed by atoms with Crippen LogP contribution in [0.4, 0.5) is 5.69 Å². The number of hydrogen-bond acceptors (Lipinski definition) is 3. The lowest BCUT2D eigenvalue weighted by atomic mass is 10.1. The van der Waals surface area contributed by atoms with Gasteiger partial charge in [-0.2, -0.15) is 5.10 Å². The van der Waals surface area contributed by atoms with E-state index in [2.05, 4.69) is 49.4 Å². The average Bonchev–Trinajstić information content (AvgIpc) is 2.74. The molecule has 3 aromatic rings. The van der Waals surface area contributed by atoms with E-state index in [1.165, 1.54) is 17.5 Å². The minimum absolute atomic E-state index is 0.434. The van der Waals surface area contributed by atoms with Gasteiger partial charge in [0.2, 0.25) is 0 Å². The van der Waals surface area contributed by atoms with Crippen molar-refractivity contribution < 1.29 is 0 Å². The van der Waals surface area contributed by atoms with Crippen molar-refractivity contribution in [3.63, 3.8) is 0 Å². The highest BCUT2D eigenvalue weighted by molar-refractivity contribution is 6.07. The summed E-state index contributed by atoms with van der Waals surface area (Å²) in [5.41, 5.74) is 4.15. The lowest BCUT2D eigenvalue weighted by Crippen LogP contribution is -2.15. The molecule has 0 fully saturated rings. The van der Waals surface area contributed by atoms with Crippen LogP contribution in [-0.4, -0.2) is 20.8 Å². The molecule has 21 heavy (non-hydrogen) atoms. The van der Waals surface area contributed by atoms with Gasteiger partial charge in [0, 0.05) is 18.5 Å². The van der Waals surface area contributed by atoms with E-state index in [4.69, 9.17) is 4.98 Å². The zero-order valence-corrected chi connectivity index (χ0v) is 13.1. The smallest absolute Gasteiger partial charge is 0.160 e. The van der Waals surface area contributed by atoms with Crippen LogP contribution >= 0.6 is 0 Å². The standard InChI is InChI=1S/C17H22N4/c1-5-8-11(2)18-16-13-9-6-7-10-14(13)19-17-15(16)12(3)20-21(17)4/h6-7,9-11H,5,8H2,1-4H3,(H,18,19)/t11-/m1/s1. The Kier molecular flexibility index (Phi) is 3.53. The molecule has 4 heteroatoms. The summed E-state index contributed by atoms with van der Waals surface area (Å²) in [6, 6.07) is 8.73. The van der Waals surface area contributed by atoms with E-state index >= 15 is 0 Å². The van der Waals surface area contributed by atoms with Crippen LogP contribution in [0.25, 0.3) is 21.9 Å². The molecule has 0 aliphatic carbocycles. The third kappa shape index (κ3) is 2.35. The SMILES string of the molecule is CCC[C@@H](C)Nc1c2ccccc2nc2c1c(C)nn2C. The molecule has 1 atom stereocenters. The van der Waals surface area contributed by atoms with Gasteiger partial charge in [0.1, 0.15) is 0 Å². The first-order valence-electron chi connectivity index (χ1n) is 7.60. The second-order valence-corrected chi connectivity index (χ2v) is 5.75. The van der Waals surface area contributed by atoms with Crippen molar-refractivity contribution in [1.29, 1.82) is 0 Å². The molecule has 0 amide bonds. The molecule has 110 valence electrons. The summed E-state index contributed by atoms with van der Waals surface area (Å²) < 4.78 is 1.87. The summed E-state index contributed by atoms with van der Waals surface area (Å²) in [4.78, 5) is 4.77. The van der Waals surface area contributed by atoms with Gasteiger partial charge in [-0.05, 0) is 26.3 Å². The van der Waals surface area contributed by atoms with Crippen LogP contribution in [0.15, 0.2) is 24.3 Å². The molecule has 2 aromatic heterocycles. The number of nitrogens with zero attached hydrogens (tertiary/aromatic N) is 3. The number of para-hydroxylation sites is 1. The van der Waals surface area contributed by atoms with E-state index in [0.29, 0.717) is 6.04 Å². The minimum atomic E-state index is 0.434. The number of fused-ring (bicyclic) bond motifs is 2. The highest BCUT2D eigenvalue weighted by atomic mass is 15.3. The van der Waals surface area contributed by atoms with Crippen molar-refractivity contribution in [2.24, 2.45) is 7.05 Å². The van der Waals surface area contributed by atoms with Crippen molar-refractivity contribution in [3.8, 4) is 0 Å². The Bertz CT molecular complexity index is 788. The Morgan fingerprint density at radius 2 is 2.05 bits per heavy atom. The van der Waals surface area contributed by atoms with Crippen molar-refractivity contribution in [3.05, 3.63) is 30.0 Å². The molecule has 0 radical (unpaired) electrons. The molecule has 0 aliphatic rings. The fraction of sp³-hybridized carbons (Fsp3) is 0.412. The molecule has 0 saturated carbocycles. The van der Waals surface area contributed by atoms with Crippen LogP contribution < -0.4 is 5.32 Å². The molecule has 2 heterocycles. The molecule has 1 aromatic carbocycles. The molecule has 3 rings (SSSR count). The predicted octanol–water partition coefficient (Wildman–Crippen LogP) is 4.03. The second kappa shape index (κ2) is 5.35. The van der Waals surface area contributed by atoms with Crippen molar-refractivity contribution in [1.82, 2.24) is 14.8 Å². The lowest BCUT2D eigenvalue weighted by Gasteiger charge is -2.17. The van der Waals surface area contributed by atoms with Crippen LogP contribution in [-0.2, 0) is 7.05 Å². The molecule has 1 N–H and O–H groups in total. The van der Waals surface area contributed by atoms with E-state index in [0.717, 1.165) is 28.7 Å². The topological polar surface area (TPSA) is 42.7 Å². The number of benzene rings is 1. The number of aromatic nitrogens is 3. The highest BCUT2D eigenvalue weighted by Gasteiger charge is 2.16. The van der Waals surface area contributed by atoms with Crippen molar-refractivity contribution >= 4 is 27.6 Å². The number of rotatable bonds is 4. The normalized spacial score (nSPS) is 13.0. The predicted molar refractivity (Wildman–Crippen MR) is 88.7 cm³/mol. The second-order valence-electron chi connectivity index (χ2n) is 5.75. The number of nitrogens with one attached hydrogen (secondary N) is 1. The Labute approximate surface area is 125 Å². The lowest BCUT2D eigenvalue weighted by molar-refractivity contribution is 0.692. The van der Waals surface area contributed by atoms with Gasteiger partial charge < -0.3 is 5.32 Å². The maximum Gasteiger partial charge on any atom is 0.160 e. The first-order valence-corrected chi connectivity index (χ1v) is 7.60. The zero-order valence-electron chi connectivity index (χ0n) is 13.1. The minimum Gasteiger partial charge on any atom is -0.381 e. The highest BCUT2D eigenvalue weighted by Crippen LogP contribution is 2.33. The van der Waals surface area contributed by atoms with Crippen LogP contribution in [0.1, 0.15) is 32.4 Å². The fourth-order valence-electron chi connectivity index (χ4n) is 3.00. The monoisotopic (exact) mass is 282 g/mol. The third-order valence-electron chi connectivity index (χ3n) is 3.95. The Morgan fingerprint density at radius 1 is 1.29 bits per heavy atom. The van der Waals surface area contributed by atoms with Crippen molar-refractivity contribution in [2.45, 2.75) is 39.7 Å². The number of aryl methyl sites for hydroxylation is 2. The molecule has 0 unspecified atom stereocenters. The van der Waals surface area contributed by atoms with E-state index in [1.807, 2.05) is 17.8 Å². The molecule has 0 saturated heterocycles.